The van der Waals surface area contributed by atoms with E-state index in [1.54, 1.807) is 37.3 Å². The second-order valence-electron chi connectivity index (χ2n) is 4.71. The Morgan fingerprint density at radius 2 is 2.14 bits per heavy atom. The van der Waals surface area contributed by atoms with Crippen LogP contribution in [-0.4, -0.2) is 16.5 Å². The smallest absolute Gasteiger partial charge is 0.273 e. The number of rotatable bonds is 3. The van der Waals surface area contributed by atoms with Gasteiger partial charge in [-0.1, -0.05) is 12.1 Å². The lowest BCUT2D eigenvalue weighted by atomic mass is 10.1. The summed E-state index contributed by atoms with van der Waals surface area (Å²) in [6, 6.07) is 9.56. The molecule has 0 saturated carbocycles. The number of carbonyl (C=O) groups excluding carboxylic acids is 1. The van der Waals surface area contributed by atoms with Crippen LogP contribution in [-0.2, 0) is 4.79 Å². The average molecular weight is 297 g/mol. The van der Waals surface area contributed by atoms with Gasteiger partial charge >= 0.3 is 0 Å². The second kappa shape index (κ2) is 5.28. The molecule has 7 heteroatoms. The monoisotopic (exact) mass is 297 g/mol. The minimum absolute atomic E-state index is 0.00745. The van der Waals surface area contributed by atoms with Crippen LogP contribution in [0.5, 0.6) is 0 Å². The summed E-state index contributed by atoms with van der Waals surface area (Å²) in [7, 11) is 0. The minimum atomic E-state index is -0.460. The van der Waals surface area contributed by atoms with E-state index in [2.05, 4.69) is 10.5 Å². The largest absolute Gasteiger partial charge is 0.457 e. The molecule has 1 aromatic heterocycles. The van der Waals surface area contributed by atoms with E-state index in [4.69, 9.17) is 4.42 Å². The van der Waals surface area contributed by atoms with Crippen molar-refractivity contribution < 1.29 is 14.1 Å². The zero-order valence-electron chi connectivity index (χ0n) is 11.6. The molecule has 2 aromatic rings. The molecule has 0 atom stereocenters. The van der Waals surface area contributed by atoms with Crippen LogP contribution in [0.4, 0.5) is 5.69 Å². The molecule has 0 radical (unpaired) electrons. The third kappa shape index (κ3) is 2.51. The molecule has 0 fully saturated rings. The zero-order chi connectivity index (χ0) is 15.7. The highest BCUT2D eigenvalue weighted by molar-refractivity contribution is 6.26. The fraction of sp³-hybridized carbons (Fsp3) is 0.0667. The van der Waals surface area contributed by atoms with Crippen LogP contribution in [0.1, 0.15) is 12.7 Å². The number of nitro benzene ring substituents is 1. The molecule has 1 N–H and O–H groups in total. The molecule has 1 aliphatic heterocycles. The lowest BCUT2D eigenvalue weighted by Gasteiger charge is -1.97. The van der Waals surface area contributed by atoms with E-state index in [9.17, 15) is 14.9 Å². The highest BCUT2D eigenvalue weighted by Crippen LogP contribution is 2.26. The molecule has 1 aromatic carbocycles. The Morgan fingerprint density at radius 3 is 2.82 bits per heavy atom. The number of nitrogens with one attached hydrogen (secondary N) is 1. The van der Waals surface area contributed by atoms with E-state index < -0.39 is 4.92 Å². The third-order valence-corrected chi connectivity index (χ3v) is 3.21. The highest BCUT2D eigenvalue weighted by Gasteiger charge is 2.19. The summed E-state index contributed by atoms with van der Waals surface area (Å²) >= 11 is 0. The van der Waals surface area contributed by atoms with E-state index in [1.165, 1.54) is 12.1 Å². The predicted octanol–water partition coefficient (Wildman–Crippen LogP) is 2.74. The number of hydrogen-bond donors (Lipinski definition) is 1. The SMILES string of the molecule is CC1=NNC(=O)/C1=C/c1ccc(-c2cccc([N+](=O)[O-])c2)o1. The van der Waals surface area contributed by atoms with Gasteiger partial charge in [0.15, 0.2) is 0 Å². The molecule has 0 spiro atoms. The first-order valence-corrected chi connectivity index (χ1v) is 6.46. The van der Waals surface area contributed by atoms with Crippen LogP contribution in [0.3, 0.4) is 0 Å². The molecule has 2 heterocycles. The van der Waals surface area contributed by atoms with E-state index in [0.717, 1.165) is 0 Å². The van der Waals surface area contributed by atoms with E-state index in [1.807, 2.05) is 0 Å². The van der Waals surface area contributed by atoms with Crippen LogP contribution in [0.2, 0.25) is 0 Å². The molecule has 0 saturated heterocycles. The Labute approximate surface area is 125 Å². The van der Waals surface area contributed by atoms with Crippen molar-refractivity contribution in [3.05, 3.63) is 57.8 Å². The van der Waals surface area contributed by atoms with Gasteiger partial charge in [-0.15, -0.1) is 0 Å². The van der Waals surface area contributed by atoms with Crippen LogP contribution in [0.25, 0.3) is 17.4 Å². The second-order valence-corrected chi connectivity index (χ2v) is 4.71. The third-order valence-electron chi connectivity index (χ3n) is 3.21. The van der Waals surface area contributed by atoms with Crippen molar-refractivity contribution in [1.29, 1.82) is 0 Å². The Morgan fingerprint density at radius 1 is 1.32 bits per heavy atom. The molecule has 3 rings (SSSR count). The first kappa shape index (κ1) is 13.7. The van der Waals surface area contributed by atoms with Gasteiger partial charge in [-0.2, -0.15) is 5.10 Å². The summed E-state index contributed by atoms with van der Waals surface area (Å²) in [6.07, 6.45) is 1.59. The quantitative estimate of drug-likeness (QED) is 0.535. The Balaban J connectivity index is 1.93. The number of hydrogen-bond acceptors (Lipinski definition) is 5. The van der Waals surface area contributed by atoms with Crippen molar-refractivity contribution in [2.45, 2.75) is 6.92 Å². The van der Waals surface area contributed by atoms with Gasteiger partial charge in [-0.05, 0) is 25.1 Å². The van der Waals surface area contributed by atoms with Gasteiger partial charge < -0.3 is 4.42 Å². The summed E-state index contributed by atoms with van der Waals surface area (Å²) in [5.41, 5.74) is 3.96. The van der Waals surface area contributed by atoms with E-state index >= 15 is 0 Å². The Bertz CT molecular complexity index is 833. The van der Waals surface area contributed by atoms with Gasteiger partial charge in [-0.3, -0.25) is 14.9 Å². The highest BCUT2D eigenvalue weighted by atomic mass is 16.6. The van der Waals surface area contributed by atoms with Crippen LogP contribution in [0, 0.1) is 10.1 Å². The number of benzene rings is 1. The molecule has 7 nitrogen and oxygen atoms in total. The van der Waals surface area contributed by atoms with Crippen molar-refractivity contribution >= 4 is 23.4 Å². The fourth-order valence-electron chi connectivity index (χ4n) is 2.09. The number of nitro groups is 1. The van der Waals surface area contributed by atoms with Gasteiger partial charge in [0.25, 0.3) is 11.6 Å². The number of carbonyl (C=O) groups is 1. The summed E-state index contributed by atoms with van der Waals surface area (Å²) < 4.78 is 5.63. The summed E-state index contributed by atoms with van der Waals surface area (Å²) in [5, 5.41) is 14.6. The lowest BCUT2D eigenvalue weighted by molar-refractivity contribution is -0.384. The molecular formula is C15H11N3O4. The molecule has 0 aliphatic carbocycles. The minimum Gasteiger partial charge on any atom is -0.457 e. The lowest BCUT2D eigenvalue weighted by Crippen LogP contribution is -2.12. The van der Waals surface area contributed by atoms with Crippen molar-refractivity contribution in [2.24, 2.45) is 5.10 Å². The standard InChI is InChI=1S/C15H11N3O4/c1-9-13(15(19)17-16-9)8-12-5-6-14(22-12)10-3-2-4-11(7-10)18(20)21/h2-8H,1H3,(H,17,19)/b13-8+. The first-order valence-electron chi connectivity index (χ1n) is 6.46. The zero-order valence-corrected chi connectivity index (χ0v) is 11.6. The molecule has 0 bridgehead atoms. The van der Waals surface area contributed by atoms with Crippen molar-refractivity contribution in [3.8, 4) is 11.3 Å². The maximum atomic E-state index is 11.6. The van der Waals surface area contributed by atoms with Crippen molar-refractivity contribution in [1.82, 2.24) is 5.43 Å². The molecule has 1 amide bonds. The van der Waals surface area contributed by atoms with Gasteiger partial charge in [0, 0.05) is 17.7 Å². The number of hydrazone groups is 1. The average Bonchev–Trinajstić information content (AvgIpc) is 3.10. The van der Waals surface area contributed by atoms with Crippen LogP contribution < -0.4 is 5.43 Å². The van der Waals surface area contributed by atoms with Gasteiger partial charge in [0.1, 0.15) is 11.5 Å². The normalized spacial score (nSPS) is 15.8. The molecule has 0 unspecified atom stereocenters. The first-order chi connectivity index (χ1) is 10.5. The van der Waals surface area contributed by atoms with Gasteiger partial charge in [-0.25, -0.2) is 5.43 Å². The Hall–Kier alpha value is -3.22. The summed E-state index contributed by atoms with van der Waals surface area (Å²) in [4.78, 5) is 21.9. The maximum Gasteiger partial charge on any atom is 0.273 e. The number of amides is 1. The van der Waals surface area contributed by atoms with Crippen molar-refractivity contribution in [2.75, 3.05) is 0 Å². The molecular weight excluding hydrogens is 286 g/mol. The molecule has 1 aliphatic rings. The Kier molecular flexibility index (Phi) is 3.30. The maximum absolute atomic E-state index is 11.6. The number of non-ortho nitro benzene ring substituents is 1. The van der Waals surface area contributed by atoms with E-state index in [-0.39, 0.29) is 11.6 Å². The van der Waals surface area contributed by atoms with Gasteiger partial charge in [0.05, 0.1) is 16.2 Å². The molecule has 22 heavy (non-hydrogen) atoms. The number of nitrogens with zero attached hydrogens (tertiary/aromatic N) is 2. The van der Waals surface area contributed by atoms with E-state index in [0.29, 0.717) is 28.4 Å². The van der Waals surface area contributed by atoms with Crippen LogP contribution in [0.15, 0.2) is 51.5 Å². The van der Waals surface area contributed by atoms with Crippen LogP contribution >= 0.6 is 0 Å². The molecule has 110 valence electrons. The topological polar surface area (TPSA) is 97.7 Å². The summed E-state index contributed by atoms with van der Waals surface area (Å²) in [6.45, 7) is 1.72. The van der Waals surface area contributed by atoms with Crippen molar-refractivity contribution in [3.63, 3.8) is 0 Å². The fourth-order valence-corrected chi connectivity index (χ4v) is 2.09. The van der Waals surface area contributed by atoms with Gasteiger partial charge in [0.2, 0.25) is 0 Å². The number of furan rings is 1. The predicted molar refractivity (Wildman–Crippen MR) is 80.0 cm³/mol. The summed E-state index contributed by atoms with van der Waals surface area (Å²) in [5.74, 6) is 0.678.